The smallest absolute Gasteiger partial charge is 0.276 e. The van der Waals surface area contributed by atoms with Crippen molar-refractivity contribution in [3.8, 4) is 5.75 Å². The molecular weight excluding hydrogens is 370 g/mol. The Kier molecular flexibility index (Phi) is 5.57. The van der Waals surface area contributed by atoms with Gasteiger partial charge in [0.15, 0.2) is 11.5 Å². The number of ether oxygens (including phenoxy) is 1. The molecule has 0 spiro atoms. The van der Waals surface area contributed by atoms with E-state index in [4.69, 9.17) is 10.5 Å². The largest absolute Gasteiger partial charge is 0.494 e. The molecule has 27 heavy (non-hydrogen) atoms. The lowest BCUT2D eigenvalue weighted by Crippen LogP contribution is -2.50. The number of sulfonamides is 1. The number of piperazine rings is 1. The molecule has 0 atom stereocenters. The molecule has 0 aliphatic carbocycles. The molecule has 2 N–H and O–H groups in total. The van der Waals surface area contributed by atoms with Gasteiger partial charge in [0, 0.05) is 38.6 Å². The number of rotatable bonds is 5. The van der Waals surface area contributed by atoms with Crippen molar-refractivity contribution >= 4 is 21.7 Å². The summed E-state index contributed by atoms with van der Waals surface area (Å²) in [7, 11) is -3.63. The summed E-state index contributed by atoms with van der Waals surface area (Å²) in [5.74, 6) is 0.332. The zero-order valence-corrected chi connectivity index (χ0v) is 15.7. The number of aromatic nitrogens is 2. The molecule has 0 unspecified atom stereocenters. The van der Waals surface area contributed by atoms with Crippen LogP contribution in [0.2, 0.25) is 0 Å². The van der Waals surface area contributed by atoms with Crippen molar-refractivity contribution in [3.63, 3.8) is 0 Å². The van der Waals surface area contributed by atoms with Gasteiger partial charge in [-0.25, -0.2) is 18.4 Å². The molecule has 0 bridgehead atoms. The van der Waals surface area contributed by atoms with E-state index in [1.165, 1.54) is 33.7 Å². The van der Waals surface area contributed by atoms with Gasteiger partial charge in [-0.3, -0.25) is 4.79 Å². The highest BCUT2D eigenvalue weighted by Gasteiger charge is 2.31. The Morgan fingerprint density at radius 2 is 1.74 bits per heavy atom. The highest BCUT2D eigenvalue weighted by atomic mass is 32.2. The van der Waals surface area contributed by atoms with Crippen LogP contribution in [-0.2, 0) is 10.0 Å². The average molecular weight is 391 g/mol. The van der Waals surface area contributed by atoms with Crippen LogP contribution in [0.4, 0.5) is 5.82 Å². The molecule has 2 heterocycles. The van der Waals surface area contributed by atoms with E-state index < -0.39 is 10.0 Å². The van der Waals surface area contributed by atoms with Crippen LogP contribution < -0.4 is 10.5 Å². The number of carbonyl (C=O) groups excluding carboxylic acids is 1. The number of nitrogens with two attached hydrogens (primary N) is 1. The number of nitrogens with zero attached hydrogens (tertiary/aromatic N) is 4. The number of nitrogen functional groups attached to an aromatic ring is 1. The molecule has 1 amide bonds. The minimum absolute atomic E-state index is 0.0620. The van der Waals surface area contributed by atoms with E-state index in [2.05, 4.69) is 9.97 Å². The van der Waals surface area contributed by atoms with Crippen LogP contribution >= 0.6 is 0 Å². The maximum absolute atomic E-state index is 12.8. The topological polar surface area (TPSA) is 119 Å². The van der Waals surface area contributed by atoms with E-state index >= 15 is 0 Å². The summed E-state index contributed by atoms with van der Waals surface area (Å²) < 4.78 is 32.3. The Labute approximate surface area is 157 Å². The molecule has 10 heteroatoms. The van der Waals surface area contributed by atoms with Crippen molar-refractivity contribution in [1.29, 1.82) is 0 Å². The molecule has 3 rings (SSSR count). The third-order valence-electron chi connectivity index (χ3n) is 4.23. The summed E-state index contributed by atoms with van der Waals surface area (Å²) in [6.45, 7) is 3.28. The molecule has 1 fully saturated rings. The average Bonchev–Trinajstić information content (AvgIpc) is 2.69. The van der Waals surface area contributed by atoms with Gasteiger partial charge in [-0.15, -0.1) is 0 Å². The Hall–Kier alpha value is -2.72. The molecule has 1 aromatic carbocycles. The van der Waals surface area contributed by atoms with Crippen LogP contribution in [0.15, 0.2) is 41.6 Å². The van der Waals surface area contributed by atoms with Gasteiger partial charge in [0.1, 0.15) is 5.75 Å². The minimum atomic E-state index is -3.63. The lowest BCUT2D eigenvalue weighted by molar-refractivity contribution is 0.0692. The molecule has 0 radical (unpaired) electrons. The zero-order valence-electron chi connectivity index (χ0n) is 14.9. The summed E-state index contributed by atoms with van der Waals surface area (Å²) in [6.07, 6.45) is 2.81. The number of anilines is 1. The fourth-order valence-corrected chi connectivity index (χ4v) is 4.24. The van der Waals surface area contributed by atoms with Crippen LogP contribution in [0, 0.1) is 0 Å². The lowest BCUT2D eigenvalue weighted by atomic mass is 10.3. The molecule has 144 valence electrons. The predicted octanol–water partition coefficient (Wildman–Crippen LogP) is 0.604. The number of hydrogen-bond donors (Lipinski definition) is 1. The summed E-state index contributed by atoms with van der Waals surface area (Å²) in [6, 6.07) is 6.32. The standard InChI is InChI=1S/C17H21N5O4S/c1-2-26-13-3-5-14(6-4-13)27(24,25)22-11-9-21(10-12-22)17(23)15-16(18)20-8-7-19-15/h3-8H,2,9-12H2,1H3,(H2,18,20). The zero-order chi connectivity index (χ0) is 19.4. The van der Waals surface area contributed by atoms with Crippen molar-refractivity contribution in [2.45, 2.75) is 11.8 Å². The monoisotopic (exact) mass is 391 g/mol. The van der Waals surface area contributed by atoms with Crippen LogP contribution in [0.25, 0.3) is 0 Å². The Bertz CT molecular complexity index is 909. The van der Waals surface area contributed by atoms with E-state index in [1.807, 2.05) is 6.92 Å². The van der Waals surface area contributed by atoms with Crippen LogP contribution in [-0.4, -0.2) is 66.3 Å². The van der Waals surface area contributed by atoms with Crippen molar-refractivity contribution < 1.29 is 17.9 Å². The number of amides is 1. The maximum Gasteiger partial charge on any atom is 0.276 e. The number of benzene rings is 1. The molecule has 1 aliphatic rings. The molecule has 1 aliphatic heterocycles. The lowest BCUT2D eigenvalue weighted by Gasteiger charge is -2.33. The van der Waals surface area contributed by atoms with Gasteiger partial charge in [0.2, 0.25) is 10.0 Å². The number of carbonyl (C=O) groups is 1. The normalized spacial score (nSPS) is 15.5. The van der Waals surface area contributed by atoms with Crippen molar-refractivity contribution in [2.75, 3.05) is 38.5 Å². The third-order valence-corrected chi connectivity index (χ3v) is 6.14. The summed E-state index contributed by atoms with van der Waals surface area (Å²) in [5.41, 5.74) is 5.78. The van der Waals surface area contributed by atoms with Gasteiger partial charge >= 0.3 is 0 Å². The van der Waals surface area contributed by atoms with Crippen molar-refractivity contribution in [1.82, 2.24) is 19.2 Å². The van der Waals surface area contributed by atoms with E-state index in [-0.39, 0.29) is 48.5 Å². The fourth-order valence-electron chi connectivity index (χ4n) is 2.82. The van der Waals surface area contributed by atoms with Gasteiger partial charge < -0.3 is 15.4 Å². The highest BCUT2D eigenvalue weighted by Crippen LogP contribution is 2.21. The van der Waals surface area contributed by atoms with Gasteiger partial charge in [0.25, 0.3) is 5.91 Å². The molecule has 1 aromatic heterocycles. The summed E-state index contributed by atoms with van der Waals surface area (Å²) >= 11 is 0. The van der Waals surface area contributed by atoms with Gasteiger partial charge in [-0.05, 0) is 31.2 Å². The SMILES string of the molecule is CCOc1ccc(S(=O)(=O)N2CCN(C(=O)c3nccnc3N)CC2)cc1. The first-order valence-electron chi connectivity index (χ1n) is 8.52. The molecule has 2 aromatic rings. The minimum Gasteiger partial charge on any atom is -0.494 e. The summed E-state index contributed by atoms with van der Waals surface area (Å²) in [5, 5.41) is 0. The predicted molar refractivity (Wildman–Crippen MR) is 98.7 cm³/mol. The van der Waals surface area contributed by atoms with Crippen LogP contribution in [0.5, 0.6) is 5.75 Å². The van der Waals surface area contributed by atoms with E-state index in [9.17, 15) is 13.2 Å². The molecule has 0 saturated carbocycles. The Morgan fingerprint density at radius 1 is 1.11 bits per heavy atom. The van der Waals surface area contributed by atoms with Crippen LogP contribution in [0.1, 0.15) is 17.4 Å². The third kappa shape index (κ3) is 4.01. The molecular formula is C17H21N5O4S. The highest BCUT2D eigenvalue weighted by molar-refractivity contribution is 7.89. The van der Waals surface area contributed by atoms with Crippen LogP contribution in [0.3, 0.4) is 0 Å². The van der Waals surface area contributed by atoms with E-state index in [0.29, 0.717) is 12.4 Å². The first-order valence-corrected chi connectivity index (χ1v) is 9.96. The molecule has 9 nitrogen and oxygen atoms in total. The van der Waals surface area contributed by atoms with Gasteiger partial charge in [-0.1, -0.05) is 0 Å². The first-order chi connectivity index (χ1) is 12.9. The second-order valence-electron chi connectivity index (χ2n) is 5.89. The van der Waals surface area contributed by atoms with Crippen molar-refractivity contribution in [2.24, 2.45) is 0 Å². The second kappa shape index (κ2) is 7.89. The van der Waals surface area contributed by atoms with Crippen molar-refractivity contribution in [3.05, 3.63) is 42.4 Å². The quantitative estimate of drug-likeness (QED) is 0.793. The maximum atomic E-state index is 12.8. The second-order valence-corrected chi connectivity index (χ2v) is 7.83. The first kappa shape index (κ1) is 19.1. The van der Waals surface area contributed by atoms with E-state index in [0.717, 1.165) is 0 Å². The summed E-state index contributed by atoms with van der Waals surface area (Å²) in [4.78, 5) is 22.1. The van der Waals surface area contributed by atoms with Gasteiger partial charge in [-0.2, -0.15) is 4.31 Å². The Morgan fingerprint density at radius 3 is 2.33 bits per heavy atom. The molecule has 1 saturated heterocycles. The Balaban J connectivity index is 1.67. The van der Waals surface area contributed by atoms with E-state index in [1.54, 1.807) is 12.1 Å². The fraction of sp³-hybridized carbons (Fsp3) is 0.353. The number of hydrogen-bond acceptors (Lipinski definition) is 7. The van der Waals surface area contributed by atoms with Gasteiger partial charge in [0.05, 0.1) is 11.5 Å².